The van der Waals surface area contributed by atoms with E-state index in [0.717, 1.165) is 6.92 Å². The number of carbonyl (C=O) groups is 3. The van der Waals surface area contributed by atoms with Crippen molar-refractivity contribution in [3.05, 3.63) is 48.3 Å². The van der Waals surface area contributed by atoms with E-state index in [1.807, 2.05) is 4.72 Å². The van der Waals surface area contributed by atoms with Crippen LogP contribution in [0.2, 0.25) is 0 Å². The van der Waals surface area contributed by atoms with E-state index in [0.29, 0.717) is 24.2 Å². The molecule has 0 saturated carbocycles. The van der Waals surface area contributed by atoms with E-state index >= 15 is 0 Å². The van der Waals surface area contributed by atoms with Gasteiger partial charge in [0, 0.05) is 31.8 Å². The van der Waals surface area contributed by atoms with Crippen LogP contribution in [-0.2, 0) is 26.2 Å². The molecule has 2 rings (SSSR count). The van der Waals surface area contributed by atoms with Gasteiger partial charge in [-0.25, -0.2) is 13.1 Å². The van der Waals surface area contributed by atoms with Gasteiger partial charge in [0.05, 0.1) is 10.6 Å². The molecule has 0 spiro atoms. The molecule has 25 heavy (non-hydrogen) atoms. The zero-order chi connectivity index (χ0) is 18.4. The molecule has 0 aliphatic carbocycles. The maximum Gasteiger partial charge on any atom is 0.264 e. The molecule has 0 saturated heterocycles. The molecule has 1 aromatic carbocycles. The predicted molar refractivity (Wildman–Crippen MR) is 90.5 cm³/mol. The normalized spacial score (nSPS) is 10.9. The van der Waals surface area contributed by atoms with E-state index < -0.39 is 15.9 Å². The van der Waals surface area contributed by atoms with Gasteiger partial charge in [-0.05, 0) is 36.4 Å². The Morgan fingerprint density at radius 1 is 1.16 bits per heavy atom. The first-order valence-electron chi connectivity index (χ1n) is 7.35. The molecule has 0 unspecified atom stereocenters. The van der Waals surface area contributed by atoms with Crippen molar-refractivity contribution in [3.8, 4) is 0 Å². The third-order valence-electron chi connectivity index (χ3n) is 3.29. The SMILES string of the molecule is CC(=O)NS(=O)(=O)c1ccc(NC(=O)CCn2cccc2C=O)cc1. The summed E-state index contributed by atoms with van der Waals surface area (Å²) in [5.41, 5.74) is 0.912. The van der Waals surface area contributed by atoms with Crippen LogP contribution in [0.25, 0.3) is 0 Å². The van der Waals surface area contributed by atoms with Gasteiger partial charge in [-0.3, -0.25) is 14.4 Å². The first-order valence-corrected chi connectivity index (χ1v) is 8.84. The Labute approximate surface area is 144 Å². The van der Waals surface area contributed by atoms with Gasteiger partial charge in [-0.1, -0.05) is 0 Å². The number of anilines is 1. The molecule has 0 atom stereocenters. The monoisotopic (exact) mass is 363 g/mol. The van der Waals surface area contributed by atoms with Gasteiger partial charge in [0.25, 0.3) is 10.0 Å². The summed E-state index contributed by atoms with van der Waals surface area (Å²) in [5, 5.41) is 2.64. The first-order chi connectivity index (χ1) is 11.8. The van der Waals surface area contributed by atoms with Gasteiger partial charge in [0.1, 0.15) is 0 Å². The van der Waals surface area contributed by atoms with Crippen molar-refractivity contribution in [1.29, 1.82) is 0 Å². The summed E-state index contributed by atoms with van der Waals surface area (Å²) in [5.74, 6) is -0.958. The molecule has 132 valence electrons. The maximum atomic E-state index is 11.9. The zero-order valence-electron chi connectivity index (χ0n) is 13.4. The number of nitrogens with one attached hydrogen (secondary N) is 2. The van der Waals surface area contributed by atoms with Gasteiger partial charge >= 0.3 is 0 Å². The summed E-state index contributed by atoms with van der Waals surface area (Å²) in [6.07, 6.45) is 2.58. The number of benzene rings is 1. The standard InChI is InChI=1S/C16H17N3O5S/c1-12(21)18-25(23,24)15-6-4-13(5-7-15)17-16(22)8-10-19-9-2-3-14(19)11-20/h2-7,9,11H,8,10H2,1H3,(H,17,22)(H,18,21). The average Bonchev–Trinajstić information content (AvgIpc) is 3.00. The van der Waals surface area contributed by atoms with Crippen molar-refractivity contribution in [3.63, 3.8) is 0 Å². The minimum atomic E-state index is -3.90. The molecule has 0 aliphatic heterocycles. The number of hydrogen-bond acceptors (Lipinski definition) is 5. The fourth-order valence-electron chi connectivity index (χ4n) is 2.15. The zero-order valence-corrected chi connectivity index (χ0v) is 14.2. The first kappa shape index (κ1) is 18.4. The molecule has 0 radical (unpaired) electrons. The minimum Gasteiger partial charge on any atom is -0.345 e. The molecule has 0 bridgehead atoms. The van der Waals surface area contributed by atoms with Crippen LogP contribution in [0.3, 0.4) is 0 Å². The smallest absolute Gasteiger partial charge is 0.264 e. The number of aromatic nitrogens is 1. The van der Waals surface area contributed by atoms with Crippen molar-refractivity contribution in [2.24, 2.45) is 0 Å². The van der Waals surface area contributed by atoms with Crippen molar-refractivity contribution in [1.82, 2.24) is 9.29 Å². The van der Waals surface area contributed by atoms with Crippen LogP contribution in [0.5, 0.6) is 0 Å². The highest BCUT2D eigenvalue weighted by Crippen LogP contribution is 2.14. The van der Waals surface area contributed by atoms with Crippen LogP contribution < -0.4 is 10.0 Å². The lowest BCUT2D eigenvalue weighted by atomic mass is 10.3. The lowest BCUT2D eigenvalue weighted by molar-refractivity contribution is -0.117. The highest BCUT2D eigenvalue weighted by atomic mass is 32.2. The van der Waals surface area contributed by atoms with Crippen molar-refractivity contribution >= 4 is 33.8 Å². The van der Waals surface area contributed by atoms with E-state index in [1.54, 1.807) is 22.9 Å². The highest BCUT2D eigenvalue weighted by Gasteiger charge is 2.15. The number of amides is 2. The number of hydrogen-bond donors (Lipinski definition) is 2. The van der Waals surface area contributed by atoms with Crippen molar-refractivity contribution < 1.29 is 22.8 Å². The third-order valence-corrected chi connectivity index (χ3v) is 4.74. The second-order valence-electron chi connectivity index (χ2n) is 5.23. The van der Waals surface area contributed by atoms with Crippen LogP contribution in [-0.4, -0.2) is 31.1 Å². The molecule has 9 heteroatoms. The van der Waals surface area contributed by atoms with Crippen molar-refractivity contribution in [2.75, 3.05) is 5.32 Å². The lowest BCUT2D eigenvalue weighted by Gasteiger charge is -2.08. The average molecular weight is 363 g/mol. The lowest BCUT2D eigenvalue weighted by Crippen LogP contribution is -2.28. The summed E-state index contributed by atoms with van der Waals surface area (Å²) in [6.45, 7) is 1.45. The molecular weight excluding hydrogens is 346 g/mol. The van der Waals surface area contributed by atoms with Crippen molar-refractivity contribution in [2.45, 2.75) is 24.8 Å². The molecule has 0 aliphatic rings. The molecule has 1 aromatic heterocycles. The second kappa shape index (κ2) is 7.75. The van der Waals surface area contributed by atoms with Gasteiger partial charge in [0.2, 0.25) is 11.8 Å². The van der Waals surface area contributed by atoms with Crippen LogP contribution in [0.1, 0.15) is 23.8 Å². The van der Waals surface area contributed by atoms with E-state index in [2.05, 4.69) is 5.32 Å². The number of aryl methyl sites for hydroxylation is 1. The molecule has 2 N–H and O–H groups in total. The topological polar surface area (TPSA) is 114 Å². The Bertz CT molecular complexity index is 885. The molecule has 1 heterocycles. The van der Waals surface area contributed by atoms with Gasteiger partial charge in [-0.15, -0.1) is 0 Å². The van der Waals surface area contributed by atoms with E-state index in [1.165, 1.54) is 24.3 Å². The van der Waals surface area contributed by atoms with Gasteiger partial charge in [-0.2, -0.15) is 0 Å². The number of sulfonamides is 1. The Kier molecular flexibility index (Phi) is 5.71. The predicted octanol–water partition coefficient (Wildman–Crippen LogP) is 1.15. The van der Waals surface area contributed by atoms with E-state index in [4.69, 9.17) is 0 Å². The number of rotatable bonds is 7. The summed E-state index contributed by atoms with van der Waals surface area (Å²) in [7, 11) is -3.90. The van der Waals surface area contributed by atoms with E-state index in [-0.39, 0.29) is 17.2 Å². The maximum absolute atomic E-state index is 11.9. The van der Waals surface area contributed by atoms with Gasteiger partial charge in [0.15, 0.2) is 6.29 Å². The minimum absolute atomic E-state index is 0.0799. The second-order valence-corrected chi connectivity index (χ2v) is 6.91. The fourth-order valence-corrected chi connectivity index (χ4v) is 3.14. The highest BCUT2D eigenvalue weighted by molar-refractivity contribution is 7.90. The third kappa shape index (κ3) is 5.01. The Morgan fingerprint density at radius 2 is 1.84 bits per heavy atom. The Morgan fingerprint density at radius 3 is 2.44 bits per heavy atom. The molecule has 2 aromatic rings. The molecule has 8 nitrogen and oxygen atoms in total. The molecular formula is C16H17N3O5S. The summed E-state index contributed by atoms with van der Waals surface area (Å²) in [4.78, 5) is 33.6. The Balaban J connectivity index is 1.95. The quantitative estimate of drug-likeness (QED) is 0.716. The molecule has 0 fully saturated rings. The van der Waals surface area contributed by atoms with Gasteiger partial charge < -0.3 is 9.88 Å². The number of nitrogens with zero attached hydrogens (tertiary/aromatic N) is 1. The van der Waals surface area contributed by atoms with E-state index in [9.17, 15) is 22.8 Å². The summed E-state index contributed by atoms with van der Waals surface area (Å²) >= 11 is 0. The largest absolute Gasteiger partial charge is 0.345 e. The summed E-state index contributed by atoms with van der Waals surface area (Å²) < 4.78 is 27.2. The summed E-state index contributed by atoms with van der Waals surface area (Å²) in [6, 6.07) is 8.81. The fraction of sp³-hybridized carbons (Fsp3) is 0.188. The van der Waals surface area contributed by atoms with Crippen LogP contribution in [0.4, 0.5) is 5.69 Å². The van der Waals surface area contributed by atoms with Crippen LogP contribution in [0, 0.1) is 0 Å². The number of aldehydes is 1. The Hall–Kier alpha value is -2.94. The number of carbonyl (C=O) groups excluding carboxylic acids is 3. The van der Waals surface area contributed by atoms with Crippen LogP contribution in [0.15, 0.2) is 47.5 Å². The molecule has 2 amide bonds. The van der Waals surface area contributed by atoms with Crippen LogP contribution >= 0.6 is 0 Å².